The molecule has 0 spiro atoms. The maximum absolute atomic E-state index is 14.0. The minimum Gasteiger partial charge on any atom is -0.480 e. The highest BCUT2D eigenvalue weighted by molar-refractivity contribution is 5.85. The van der Waals surface area contributed by atoms with Crippen LogP contribution in [0.25, 0.3) is 0 Å². The average Bonchev–Trinajstić information content (AvgIpc) is 2.55. The van der Waals surface area contributed by atoms with Crippen LogP contribution in [0, 0.1) is 15.9 Å². The normalized spacial score (nSPS) is 15.8. The van der Waals surface area contributed by atoms with Gasteiger partial charge < -0.3 is 5.11 Å². The summed E-state index contributed by atoms with van der Waals surface area (Å²) in [6.07, 6.45) is 1.66. The molecule has 0 unspecified atom stereocenters. The lowest BCUT2D eigenvalue weighted by Gasteiger charge is -2.37. The van der Waals surface area contributed by atoms with Gasteiger partial charge in [-0.05, 0) is 38.5 Å². The Bertz CT molecular complexity index is 609. The number of carboxylic acids is 1. The molecule has 1 N–H and O–H groups in total. The fourth-order valence-electron chi connectivity index (χ4n) is 3.13. The molecule has 0 bridgehead atoms. The quantitative estimate of drug-likeness (QED) is 0.582. The van der Waals surface area contributed by atoms with Crippen molar-refractivity contribution in [2.24, 2.45) is 0 Å². The van der Waals surface area contributed by atoms with Crippen LogP contribution in [0.2, 0.25) is 0 Å². The van der Waals surface area contributed by atoms with Crippen LogP contribution in [0.5, 0.6) is 0 Å². The second-order valence-corrected chi connectivity index (χ2v) is 6.00. The zero-order chi connectivity index (χ0) is 17.7. The number of nitro benzene ring substituents is 1. The first-order chi connectivity index (χ1) is 11.4. The van der Waals surface area contributed by atoms with E-state index in [4.69, 9.17) is 5.11 Å². The van der Waals surface area contributed by atoms with E-state index in [-0.39, 0.29) is 30.7 Å². The number of likely N-dealkylation sites (tertiary alicyclic amines) is 1. The fraction of sp³-hybridized carbons (Fsp3) is 0.562. The summed E-state index contributed by atoms with van der Waals surface area (Å²) in [4.78, 5) is 25.0. The third-order valence-electron chi connectivity index (χ3n) is 4.46. The SMILES string of the molecule is CCN(CC(=O)O)C1CCN(Cc2ccc([N+](=O)[O-])cc2F)CC1.Cl. The maximum Gasteiger partial charge on any atom is 0.317 e. The molecule has 7 nitrogen and oxygen atoms in total. The summed E-state index contributed by atoms with van der Waals surface area (Å²) >= 11 is 0. The van der Waals surface area contributed by atoms with Crippen LogP contribution >= 0.6 is 12.4 Å². The lowest BCUT2D eigenvalue weighted by molar-refractivity contribution is -0.385. The number of aliphatic carboxylic acids is 1. The smallest absolute Gasteiger partial charge is 0.317 e. The third kappa shape index (κ3) is 5.91. The van der Waals surface area contributed by atoms with Gasteiger partial charge in [-0.3, -0.25) is 24.7 Å². The Morgan fingerprint density at radius 1 is 1.44 bits per heavy atom. The first kappa shape index (κ1) is 21.3. The lowest BCUT2D eigenvalue weighted by atomic mass is 10.0. The van der Waals surface area contributed by atoms with E-state index in [9.17, 15) is 19.3 Å². The van der Waals surface area contributed by atoms with Gasteiger partial charge in [0.25, 0.3) is 5.69 Å². The van der Waals surface area contributed by atoms with Gasteiger partial charge in [0.1, 0.15) is 5.82 Å². The number of piperidine rings is 1. The van der Waals surface area contributed by atoms with E-state index in [0.717, 1.165) is 32.0 Å². The van der Waals surface area contributed by atoms with E-state index in [1.54, 1.807) is 0 Å². The zero-order valence-corrected chi connectivity index (χ0v) is 14.9. The Morgan fingerprint density at radius 2 is 2.08 bits per heavy atom. The molecule has 25 heavy (non-hydrogen) atoms. The summed E-state index contributed by atoms with van der Waals surface area (Å²) < 4.78 is 14.0. The van der Waals surface area contributed by atoms with Crippen molar-refractivity contribution in [3.63, 3.8) is 0 Å². The van der Waals surface area contributed by atoms with Crippen LogP contribution in [0.15, 0.2) is 18.2 Å². The highest BCUT2D eigenvalue weighted by Gasteiger charge is 2.25. The zero-order valence-electron chi connectivity index (χ0n) is 14.1. The number of hydrogen-bond donors (Lipinski definition) is 1. The van der Waals surface area contributed by atoms with Crippen LogP contribution in [-0.2, 0) is 11.3 Å². The Labute approximate surface area is 152 Å². The summed E-state index contributed by atoms with van der Waals surface area (Å²) in [5, 5.41) is 19.6. The molecule has 1 aliphatic rings. The van der Waals surface area contributed by atoms with Crippen molar-refractivity contribution in [3.8, 4) is 0 Å². The monoisotopic (exact) mass is 375 g/mol. The molecule has 0 aromatic heterocycles. The minimum absolute atomic E-state index is 0. The number of carbonyl (C=O) groups is 1. The molecule has 0 atom stereocenters. The maximum atomic E-state index is 14.0. The number of nitrogens with zero attached hydrogens (tertiary/aromatic N) is 3. The number of hydrogen-bond acceptors (Lipinski definition) is 5. The predicted molar refractivity (Wildman–Crippen MR) is 93.5 cm³/mol. The highest BCUT2D eigenvalue weighted by Crippen LogP contribution is 2.21. The number of likely N-dealkylation sites (N-methyl/N-ethyl adjacent to an activating group) is 1. The first-order valence-corrected chi connectivity index (χ1v) is 8.01. The van der Waals surface area contributed by atoms with Crippen molar-refractivity contribution in [2.45, 2.75) is 32.4 Å². The number of nitro groups is 1. The number of halogens is 2. The molecule has 1 aromatic carbocycles. The molecule has 0 aliphatic carbocycles. The first-order valence-electron chi connectivity index (χ1n) is 8.01. The van der Waals surface area contributed by atoms with Crippen LogP contribution in [-0.4, -0.2) is 58.0 Å². The molecule has 1 heterocycles. The molecule has 140 valence electrons. The van der Waals surface area contributed by atoms with Crippen LogP contribution < -0.4 is 0 Å². The number of non-ortho nitro benzene ring substituents is 1. The molecule has 2 rings (SSSR count). The topological polar surface area (TPSA) is 86.9 Å². The summed E-state index contributed by atoms with van der Waals surface area (Å²) in [5.74, 6) is -1.39. The molecule has 1 fully saturated rings. The van der Waals surface area contributed by atoms with Crippen LogP contribution in [0.1, 0.15) is 25.3 Å². The molecule has 1 saturated heterocycles. The van der Waals surface area contributed by atoms with Crippen molar-refractivity contribution < 1.29 is 19.2 Å². The van der Waals surface area contributed by atoms with Crippen LogP contribution in [0.3, 0.4) is 0 Å². The largest absolute Gasteiger partial charge is 0.480 e. The van der Waals surface area contributed by atoms with Gasteiger partial charge in [0, 0.05) is 24.2 Å². The van der Waals surface area contributed by atoms with E-state index in [1.807, 2.05) is 11.8 Å². The second kappa shape index (κ2) is 9.65. The van der Waals surface area contributed by atoms with Gasteiger partial charge in [0.2, 0.25) is 0 Å². The van der Waals surface area contributed by atoms with Gasteiger partial charge in [-0.25, -0.2) is 4.39 Å². The van der Waals surface area contributed by atoms with E-state index in [2.05, 4.69) is 4.90 Å². The van der Waals surface area contributed by atoms with Crippen LogP contribution in [0.4, 0.5) is 10.1 Å². The Hall–Kier alpha value is -1.77. The number of rotatable bonds is 7. The van der Waals surface area contributed by atoms with Gasteiger partial charge in [-0.1, -0.05) is 6.92 Å². The van der Waals surface area contributed by atoms with E-state index in [1.165, 1.54) is 12.1 Å². The third-order valence-corrected chi connectivity index (χ3v) is 4.46. The summed E-state index contributed by atoms with van der Waals surface area (Å²) in [7, 11) is 0. The number of benzene rings is 1. The fourth-order valence-corrected chi connectivity index (χ4v) is 3.13. The Kier molecular flexibility index (Phi) is 8.21. The molecular weight excluding hydrogens is 353 g/mol. The van der Waals surface area contributed by atoms with Crippen molar-refractivity contribution in [1.29, 1.82) is 0 Å². The predicted octanol–water partition coefficient (Wildman–Crippen LogP) is 2.53. The average molecular weight is 376 g/mol. The van der Waals surface area contributed by atoms with Crippen molar-refractivity contribution in [2.75, 3.05) is 26.2 Å². The summed E-state index contributed by atoms with van der Waals surface area (Å²) in [6, 6.07) is 3.96. The Morgan fingerprint density at radius 3 is 2.56 bits per heavy atom. The highest BCUT2D eigenvalue weighted by atomic mass is 35.5. The van der Waals surface area contributed by atoms with E-state index >= 15 is 0 Å². The lowest BCUT2D eigenvalue weighted by Crippen LogP contribution is -2.46. The molecule has 0 amide bonds. The van der Waals surface area contributed by atoms with Gasteiger partial charge in [-0.2, -0.15) is 0 Å². The standard InChI is InChI=1S/C16H22FN3O4.ClH/c1-2-19(11-16(21)22)13-5-7-18(8-6-13)10-12-3-4-14(20(23)24)9-15(12)17;/h3-4,9,13H,2,5-8,10-11H2,1H3,(H,21,22);1H. The van der Waals surface area contributed by atoms with Gasteiger partial charge in [0.05, 0.1) is 17.5 Å². The Balaban J connectivity index is 0.00000312. The molecule has 0 saturated carbocycles. The molecule has 1 aromatic rings. The van der Waals surface area contributed by atoms with Gasteiger partial charge in [0.15, 0.2) is 0 Å². The molecule has 0 radical (unpaired) electrons. The molecule has 9 heteroatoms. The second-order valence-electron chi connectivity index (χ2n) is 6.00. The minimum atomic E-state index is -0.827. The molecular formula is C16H23ClFN3O4. The molecule has 1 aliphatic heterocycles. The van der Waals surface area contributed by atoms with E-state index in [0.29, 0.717) is 18.7 Å². The van der Waals surface area contributed by atoms with E-state index < -0.39 is 16.7 Å². The van der Waals surface area contributed by atoms with Gasteiger partial charge in [-0.15, -0.1) is 12.4 Å². The number of carboxylic acid groups (broad SMARTS) is 1. The van der Waals surface area contributed by atoms with Crippen molar-refractivity contribution in [3.05, 3.63) is 39.7 Å². The van der Waals surface area contributed by atoms with Crippen molar-refractivity contribution in [1.82, 2.24) is 9.80 Å². The van der Waals surface area contributed by atoms with Gasteiger partial charge >= 0.3 is 5.97 Å². The summed E-state index contributed by atoms with van der Waals surface area (Å²) in [6.45, 7) is 4.57. The van der Waals surface area contributed by atoms with Crippen molar-refractivity contribution >= 4 is 24.1 Å². The summed E-state index contributed by atoms with van der Waals surface area (Å²) in [5.41, 5.74) is 0.194.